The largest absolute Gasteiger partial charge is 0.370 e. The lowest BCUT2D eigenvalue weighted by molar-refractivity contribution is 0.687. The van der Waals surface area contributed by atoms with Gasteiger partial charge in [0.2, 0.25) is 0 Å². The molecular weight excluding hydrogens is 244 g/mol. The third-order valence-corrected chi connectivity index (χ3v) is 3.78. The predicted octanol–water partition coefficient (Wildman–Crippen LogP) is 3.58. The van der Waals surface area contributed by atoms with Crippen molar-refractivity contribution in [3.8, 4) is 0 Å². The maximum Gasteiger partial charge on any atom is 0.0426 e. The highest BCUT2D eigenvalue weighted by Gasteiger charge is 2.19. The van der Waals surface area contributed by atoms with Gasteiger partial charge in [-0.2, -0.15) is 0 Å². The molecule has 0 radical (unpaired) electrons. The summed E-state index contributed by atoms with van der Waals surface area (Å²) in [5.74, 6) is 0. The monoisotopic (exact) mass is 266 g/mol. The van der Waals surface area contributed by atoms with Crippen LogP contribution in [0.2, 0.25) is 0 Å². The van der Waals surface area contributed by atoms with E-state index in [9.17, 15) is 0 Å². The molecule has 0 bridgehead atoms. The molecule has 0 amide bonds. The summed E-state index contributed by atoms with van der Waals surface area (Å²) in [6, 6.07) is 20.2. The summed E-state index contributed by atoms with van der Waals surface area (Å²) >= 11 is 0. The maximum absolute atomic E-state index is 3.57. The first-order chi connectivity index (χ1) is 9.81. The van der Waals surface area contributed by atoms with E-state index in [4.69, 9.17) is 0 Å². The average Bonchev–Trinajstić information content (AvgIpc) is 3.31. The Hall–Kier alpha value is -1.80. The first-order valence-corrected chi connectivity index (χ1v) is 7.38. The summed E-state index contributed by atoms with van der Waals surface area (Å²) in [7, 11) is 2.14. The van der Waals surface area contributed by atoms with Crippen LogP contribution in [0.4, 0.5) is 5.69 Å². The van der Waals surface area contributed by atoms with Crippen LogP contribution >= 0.6 is 0 Å². The second-order valence-corrected chi connectivity index (χ2v) is 5.67. The molecule has 0 spiro atoms. The molecule has 20 heavy (non-hydrogen) atoms. The number of nitrogens with one attached hydrogen (secondary N) is 1. The lowest BCUT2D eigenvalue weighted by Crippen LogP contribution is -2.17. The molecule has 0 unspecified atom stereocenters. The van der Waals surface area contributed by atoms with Crippen molar-refractivity contribution >= 4 is 5.69 Å². The van der Waals surface area contributed by atoms with Gasteiger partial charge in [0.05, 0.1) is 0 Å². The third kappa shape index (κ3) is 3.61. The fourth-order valence-electron chi connectivity index (χ4n) is 2.44. The van der Waals surface area contributed by atoms with Gasteiger partial charge in [0.25, 0.3) is 0 Å². The van der Waals surface area contributed by atoms with Crippen LogP contribution in [0.3, 0.4) is 0 Å². The molecule has 1 fully saturated rings. The fraction of sp³-hybridized carbons (Fsp3) is 0.333. The zero-order chi connectivity index (χ0) is 13.8. The molecule has 2 nitrogen and oxygen atoms in total. The van der Waals surface area contributed by atoms with Gasteiger partial charge in [-0.1, -0.05) is 42.5 Å². The van der Waals surface area contributed by atoms with E-state index >= 15 is 0 Å². The first kappa shape index (κ1) is 13.2. The van der Waals surface area contributed by atoms with Crippen molar-refractivity contribution in [1.82, 2.24) is 5.32 Å². The van der Waals surface area contributed by atoms with E-state index in [0.29, 0.717) is 0 Å². The fourth-order valence-corrected chi connectivity index (χ4v) is 2.44. The van der Waals surface area contributed by atoms with Gasteiger partial charge in [0, 0.05) is 31.9 Å². The predicted molar refractivity (Wildman–Crippen MR) is 84.9 cm³/mol. The molecular formula is C18H22N2. The summed E-state index contributed by atoms with van der Waals surface area (Å²) in [4.78, 5) is 2.29. The van der Waals surface area contributed by atoms with Crippen LogP contribution in [0.1, 0.15) is 24.0 Å². The number of benzene rings is 2. The zero-order valence-electron chi connectivity index (χ0n) is 12.0. The van der Waals surface area contributed by atoms with Crippen LogP contribution in [0.5, 0.6) is 0 Å². The van der Waals surface area contributed by atoms with Gasteiger partial charge in [-0.05, 0) is 36.1 Å². The molecule has 0 aromatic heterocycles. The molecule has 0 atom stereocenters. The highest BCUT2D eigenvalue weighted by molar-refractivity contribution is 5.45. The molecule has 2 heteroatoms. The van der Waals surface area contributed by atoms with Crippen molar-refractivity contribution < 1.29 is 0 Å². The van der Waals surface area contributed by atoms with Gasteiger partial charge in [-0.15, -0.1) is 0 Å². The molecule has 0 saturated heterocycles. The number of hydrogen-bond donors (Lipinski definition) is 1. The van der Waals surface area contributed by atoms with Crippen LogP contribution in [0.25, 0.3) is 0 Å². The van der Waals surface area contributed by atoms with Crippen LogP contribution < -0.4 is 10.2 Å². The molecule has 1 N–H and O–H groups in total. The number of para-hydroxylation sites is 1. The van der Waals surface area contributed by atoms with Crippen LogP contribution in [-0.4, -0.2) is 13.1 Å². The second kappa shape index (κ2) is 6.10. The smallest absolute Gasteiger partial charge is 0.0426 e. The van der Waals surface area contributed by atoms with E-state index in [1.54, 1.807) is 0 Å². The summed E-state index contributed by atoms with van der Waals surface area (Å²) in [6.45, 7) is 1.94. The van der Waals surface area contributed by atoms with E-state index in [1.807, 2.05) is 0 Å². The minimum atomic E-state index is 0.769. The van der Waals surface area contributed by atoms with Crippen molar-refractivity contribution in [1.29, 1.82) is 0 Å². The topological polar surface area (TPSA) is 15.3 Å². The lowest BCUT2D eigenvalue weighted by atomic mass is 10.1. The van der Waals surface area contributed by atoms with E-state index in [0.717, 1.165) is 19.1 Å². The van der Waals surface area contributed by atoms with Gasteiger partial charge in [0.1, 0.15) is 0 Å². The van der Waals surface area contributed by atoms with Crippen LogP contribution in [0.15, 0.2) is 54.6 Å². The SMILES string of the molecule is CN(Cc1cccc(CNC2CC2)c1)c1ccccc1. The molecule has 0 heterocycles. The Balaban J connectivity index is 1.62. The van der Waals surface area contributed by atoms with E-state index < -0.39 is 0 Å². The molecule has 2 aromatic carbocycles. The Bertz CT molecular complexity index is 546. The molecule has 2 aromatic rings. The van der Waals surface area contributed by atoms with E-state index in [-0.39, 0.29) is 0 Å². The summed E-state index contributed by atoms with van der Waals surface area (Å²) < 4.78 is 0. The Kier molecular flexibility index (Phi) is 4.03. The van der Waals surface area contributed by atoms with E-state index in [2.05, 4.69) is 71.9 Å². The Labute approximate surface area is 121 Å². The van der Waals surface area contributed by atoms with Crippen molar-refractivity contribution in [3.05, 3.63) is 65.7 Å². The summed E-state index contributed by atoms with van der Waals surface area (Å²) in [6.07, 6.45) is 2.69. The third-order valence-electron chi connectivity index (χ3n) is 3.78. The number of nitrogens with zero attached hydrogens (tertiary/aromatic N) is 1. The van der Waals surface area contributed by atoms with E-state index in [1.165, 1.54) is 29.7 Å². The standard InChI is InChI=1S/C18H22N2/c1-20(18-8-3-2-4-9-18)14-16-7-5-6-15(12-16)13-19-17-10-11-17/h2-9,12,17,19H,10-11,13-14H2,1H3. The second-order valence-electron chi connectivity index (χ2n) is 5.67. The highest BCUT2D eigenvalue weighted by atomic mass is 15.1. The Morgan fingerprint density at radius 2 is 1.75 bits per heavy atom. The van der Waals surface area contributed by atoms with Gasteiger partial charge in [-0.3, -0.25) is 0 Å². The molecule has 3 rings (SSSR count). The lowest BCUT2D eigenvalue weighted by Gasteiger charge is -2.19. The minimum Gasteiger partial charge on any atom is -0.370 e. The van der Waals surface area contributed by atoms with Crippen molar-refractivity contribution in [2.24, 2.45) is 0 Å². The van der Waals surface area contributed by atoms with Crippen LogP contribution in [-0.2, 0) is 13.1 Å². The normalized spacial score (nSPS) is 14.2. The van der Waals surface area contributed by atoms with Gasteiger partial charge < -0.3 is 10.2 Å². The zero-order valence-corrected chi connectivity index (χ0v) is 12.0. The van der Waals surface area contributed by atoms with Gasteiger partial charge >= 0.3 is 0 Å². The Morgan fingerprint density at radius 1 is 1.00 bits per heavy atom. The molecule has 1 aliphatic rings. The molecule has 0 aliphatic heterocycles. The minimum absolute atomic E-state index is 0.769. The van der Waals surface area contributed by atoms with Crippen molar-refractivity contribution in [2.75, 3.05) is 11.9 Å². The highest BCUT2D eigenvalue weighted by Crippen LogP contribution is 2.20. The number of rotatable bonds is 6. The summed E-state index contributed by atoms with van der Waals surface area (Å²) in [5, 5.41) is 3.57. The van der Waals surface area contributed by atoms with Crippen LogP contribution in [0, 0.1) is 0 Å². The van der Waals surface area contributed by atoms with Crippen molar-refractivity contribution in [3.63, 3.8) is 0 Å². The molecule has 1 aliphatic carbocycles. The number of anilines is 1. The number of hydrogen-bond acceptors (Lipinski definition) is 2. The Morgan fingerprint density at radius 3 is 2.50 bits per heavy atom. The average molecular weight is 266 g/mol. The van der Waals surface area contributed by atoms with Gasteiger partial charge in [-0.25, -0.2) is 0 Å². The quantitative estimate of drug-likeness (QED) is 0.860. The van der Waals surface area contributed by atoms with Gasteiger partial charge in [0.15, 0.2) is 0 Å². The molecule has 1 saturated carbocycles. The maximum atomic E-state index is 3.57. The molecule has 104 valence electrons. The summed E-state index contributed by atoms with van der Waals surface area (Å²) in [5.41, 5.74) is 4.01. The first-order valence-electron chi connectivity index (χ1n) is 7.38. The van der Waals surface area contributed by atoms with Crippen molar-refractivity contribution in [2.45, 2.75) is 32.0 Å².